The summed E-state index contributed by atoms with van der Waals surface area (Å²) in [4.78, 5) is 28.0. The Hall–Kier alpha value is -2.58. The Balaban J connectivity index is 2.46. The van der Waals surface area contributed by atoms with E-state index in [1.807, 2.05) is 46.8 Å². The molecule has 2 amide bonds. The third kappa shape index (κ3) is 8.25. The van der Waals surface area contributed by atoms with Crippen LogP contribution in [-0.2, 0) is 26.2 Å². The Kier molecular flexibility index (Phi) is 9.36. The molecule has 0 aliphatic heterocycles. The van der Waals surface area contributed by atoms with Gasteiger partial charge in [0.2, 0.25) is 21.8 Å². The zero-order valence-electron chi connectivity index (χ0n) is 21.5. The third-order valence-corrected chi connectivity index (χ3v) is 6.82. The number of hydrogen-bond acceptors (Lipinski definition) is 4. The molecule has 2 rings (SSSR count). The molecule has 1 atom stereocenters. The van der Waals surface area contributed by atoms with Gasteiger partial charge in [0.05, 0.1) is 11.9 Å². The molecule has 1 N–H and O–H groups in total. The number of nitrogens with one attached hydrogen (secondary N) is 1. The van der Waals surface area contributed by atoms with Crippen molar-refractivity contribution in [1.29, 1.82) is 0 Å². The molecular formula is C26H36ClN3O4S. The van der Waals surface area contributed by atoms with Crippen LogP contribution >= 0.6 is 11.6 Å². The molecule has 0 fully saturated rings. The van der Waals surface area contributed by atoms with E-state index < -0.39 is 34.1 Å². The highest BCUT2D eigenvalue weighted by Gasteiger charge is 2.32. The van der Waals surface area contributed by atoms with Crippen molar-refractivity contribution in [3.05, 3.63) is 64.7 Å². The van der Waals surface area contributed by atoms with Gasteiger partial charge in [-0.1, -0.05) is 55.8 Å². The minimum absolute atomic E-state index is 0.0483. The van der Waals surface area contributed by atoms with Gasteiger partial charge in [0.1, 0.15) is 12.6 Å². The number of benzene rings is 2. The van der Waals surface area contributed by atoms with Crippen LogP contribution in [0, 0.1) is 0 Å². The number of amides is 2. The molecule has 0 spiro atoms. The van der Waals surface area contributed by atoms with Gasteiger partial charge in [-0.2, -0.15) is 0 Å². The first-order valence-corrected chi connectivity index (χ1v) is 13.8. The van der Waals surface area contributed by atoms with Gasteiger partial charge in [-0.05, 0) is 62.9 Å². The summed E-state index contributed by atoms with van der Waals surface area (Å²) in [6.07, 6.45) is 1.08. The van der Waals surface area contributed by atoms with Crippen LogP contribution in [0.4, 0.5) is 5.69 Å². The lowest BCUT2D eigenvalue weighted by Crippen LogP contribution is -2.54. The highest BCUT2D eigenvalue weighted by Crippen LogP contribution is 2.29. The number of rotatable bonds is 9. The average molecular weight is 522 g/mol. The minimum Gasteiger partial charge on any atom is -0.350 e. The Morgan fingerprint density at radius 1 is 1.00 bits per heavy atom. The monoisotopic (exact) mass is 521 g/mol. The second-order valence-corrected chi connectivity index (χ2v) is 12.4. The van der Waals surface area contributed by atoms with Crippen molar-refractivity contribution in [3.63, 3.8) is 0 Å². The molecular weight excluding hydrogens is 486 g/mol. The van der Waals surface area contributed by atoms with Gasteiger partial charge in [-0.25, -0.2) is 8.42 Å². The number of carbonyl (C=O) groups is 2. The van der Waals surface area contributed by atoms with Crippen LogP contribution in [0.15, 0.2) is 48.5 Å². The fourth-order valence-corrected chi connectivity index (χ4v) is 4.64. The van der Waals surface area contributed by atoms with E-state index in [9.17, 15) is 18.0 Å². The van der Waals surface area contributed by atoms with Crippen molar-refractivity contribution in [1.82, 2.24) is 10.2 Å². The standard InChI is InChI=1S/C26H36ClN3O4S/c1-18(2)22-10-8-9-11-23(22)30(35(7,33)34)17-24(31)29(16-20-12-14-21(27)15-13-20)19(3)25(32)28-26(4,5)6/h8-15,18-19H,16-17H2,1-7H3,(H,28,32)/t19-/m0/s1. The molecule has 7 nitrogen and oxygen atoms in total. The maximum absolute atomic E-state index is 13.7. The minimum atomic E-state index is -3.79. The normalized spacial score (nSPS) is 12.8. The lowest BCUT2D eigenvalue weighted by Gasteiger charge is -2.33. The Morgan fingerprint density at radius 3 is 2.09 bits per heavy atom. The van der Waals surface area contributed by atoms with Gasteiger partial charge in [0.15, 0.2) is 0 Å². The predicted octanol–water partition coefficient (Wildman–Crippen LogP) is 4.56. The van der Waals surface area contributed by atoms with Crippen LogP contribution in [-0.4, -0.2) is 49.5 Å². The van der Waals surface area contributed by atoms with Gasteiger partial charge < -0.3 is 10.2 Å². The lowest BCUT2D eigenvalue weighted by atomic mass is 10.0. The molecule has 0 saturated carbocycles. The van der Waals surface area contributed by atoms with Crippen LogP contribution in [0.25, 0.3) is 0 Å². The SMILES string of the molecule is CC(C)c1ccccc1N(CC(=O)N(Cc1ccc(Cl)cc1)[C@@H](C)C(=O)NC(C)(C)C)S(C)(=O)=O. The number of hydrogen-bond donors (Lipinski definition) is 1. The second-order valence-electron chi connectivity index (χ2n) is 10.0. The van der Waals surface area contributed by atoms with Crippen LogP contribution in [0.1, 0.15) is 58.6 Å². The molecule has 192 valence electrons. The first-order chi connectivity index (χ1) is 16.1. The van der Waals surface area contributed by atoms with E-state index in [4.69, 9.17) is 11.6 Å². The number of nitrogens with zero attached hydrogens (tertiary/aromatic N) is 2. The third-order valence-electron chi connectivity index (χ3n) is 5.44. The number of carbonyl (C=O) groups excluding carboxylic acids is 2. The van der Waals surface area contributed by atoms with E-state index in [2.05, 4.69) is 5.32 Å². The molecule has 2 aromatic carbocycles. The summed E-state index contributed by atoms with van der Waals surface area (Å²) in [7, 11) is -3.79. The highest BCUT2D eigenvalue weighted by molar-refractivity contribution is 7.92. The molecule has 0 saturated heterocycles. The molecule has 0 radical (unpaired) electrons. The Morgan fingerprint density at radius 2 is 1.57 bits per heavy atom. The average Bonchev–Trinajstić information content (AvgIpc) is 2.74. The highest BCUT2D eigenvalue weighted by atomic mass is 35.5. The Bertz CT molecular complexity index is 1140. The zero-order valence-corrected chi connectivity index (χ0v) is 23.1. The van der Waals surface area contributed by atoms with Gasteiger partial charge in [0.25, 0.3) is 0 Å². The largest absolute Gasteiger partial charge is 0.350 e. The van der Waals surface area contributed by atoms with E-state index in [0.29, 0.717) is 10.7 Å². The summed E-state index contributed by atoms with van der Waals surface area (Å²) >= 11 is 6.01. The summed E-state index contributed by atoms with van der Waals surface area (Å²) in [5.41, 5.74) is 1.55. The smallest absolute Gasteiger partial charge is 0.244 e. The predicted molar refractivity (Wildman–Crippen MR) is 142 cm³/mol. The molecule has 9 heteroatoms. The fraction of sp³-hybridized carbons (Fsp3) is 0.462. The molecule has 0 aliphatic rings. The van der Waals surface area contributed by atoms with Crippen molar-refractivity contribution in [2.45, 2.75) is 65.6 Å². The van der Waals surface area contributed by atoms with Crippen molar-refractivity contribution >= 4 is 39.1 Å². The second kappa shape index (κ2) is 11.4. The Labute approximate surface area is 214 Å². The fourth-order valence-electron chi connectivity index (χ4n) is 3.64. The number of halogens is 1. The topological polar surface area (TPSA) is 86.8 Å². The van der Waals surface area contributed by atoms with E-state index in [1.54, 1.807) is 43.3 Å². The summed E-state index contributed by atoms with van der Waals surface area (Å²) in [5.74, 6) is -0.763. The number of anilines is 1. The van der Waals surface area contributed by atoms with Crippen molar-refractivity contribution in [3.8, 4) is 0 Å². The summed E-state index contributed by atoms with van der Waals surface area (Å²) in [6.45, 7) is 10.8. The molecule has 0 aromatic heterocycles. The number of sulfonamides is 1. The van der Waals surface area contributed by atoms with Crippen LogP contribution < -0.4 is 9.62 Å². The molecule has 0 unspecified atom stereocenters. The molecule has 0 bridgehead atoms. The molecule has 0 aliphatic carbocycles. The molecule has 35 heavy (non-hydrogen) atoms. The van der Waals surface area contributed by atoms with Gasteiger partial charge in [-0.15, -0.1) is 0 Å². The first-order valence-electron chi connectivity index (χ1n) is 11.5. The van der Waals surface area contributed by atoms with Crippen LogP contribution in [0.3, 0.4) is 0 Å². The van der Waals surface area contributed by atoms with Crippen molar-refractivity contribution < 1.29 is 18.0 Å². The maximum Gasteiger partial charge on any atom is 0.244 e. The first kappa shape index (κ1) is 28.7. The van der Waals surface area contributed by atoms with E-state index in [-0.39, 0.29) is 18.4 Å². The van der Waals surface area contributed by atoms with Gasteiger partial charge >= 0.3 is 0 Å². The number of para-hydroxylation sites is 1. The van der Waals surface area contributed by atoms with Crippen LogP contribution in [0.5, 0.6) is 0 Å². The van der Waals surface area contributed by atoms with E-state index >= 15 is 0 Å². The van der Waals surface area contributed by atoms with Crippen molar-refractivity contribution in [2.24, 2.45) is 0 Å². The summed E-state index contributed by atoms with van der Waals surface area (Å²) < 4.78 is 26.7. The van der Waals surface area contributed by atoms with E-state index in [1.165, 1.54) is 4.90 Å². The molecule has 0 heterocycles. The van der Waals surface area contributed by atoms with Crippen molar-refractivity contribution in [2.75, 3.05) is 17.1 Å². The maximum atomic E-state index is 13.7. The zero-order chi connectivity index (χ0) is 26.6. The lowest BCUT2D eigenvalue weighted by molar-refractivity contribution is -0.140. The summed E-state index contributed by atoms with van der Waals surface area (Å²) in [6, 6.07) is 13.3. The molecule has 2 aromatic rings. The van der Waals surface area contributed by atoms with Crippen LogP contribution in [0.2, 0.25) is 5.02 Å². The quantitative estimate of drug-likeness (QED) is 0.524. The van der Waals surface area contributed by atoms with Gasteiger partial charge in [-0.3, -0.25) is 13.9 Å². The van der Waals surface area contributed by atoms with E-state index in [0.717, 1.165) is 21.7 Å². The van der Waals surface area contributed by atoms with Gasteiger partial charge in [0, 0.05) is 17.1 Å². The summed E-state index contributed by atoms with van der Waals surface area (Å²) in [5, 5.41) is 3.46.